The molecule has 0 radical (unpaired) electrons. The molecule has 5 nitrogen and oxygen atoms in total. The van der Waals surface area contributed by atoms with E-state index in [2.05, 4.69) is 21.9 Å². The number of anilines is 1. The predicted molar refractivity (Wildman–Crippen MR) is 82.3 cm³/mol. The molecule has 0 atom stereocenters. The molecule has 0 bridgehead atoms. The molecule has 100 valence electrons. The van der Waals surface area contributed by atoms with Gasteiger partial charge in [0.2, 0.25) is 0 Å². The lowest BCUT2D eigenvalue weighted by molar-refractivity contribution is 0.905. The molecule has 0 amide bonds. The zero-order chi connectivity index (χ0) is 14.1. The molecule has 0 aliphatic rings. The van der Waals surface area contributed by atoms with Crippen LogP contribution in [0.3, 0.4) is 0 Å². The molecule has 1 rings (SSSR count). The van der Waals surface area contributed by atoms with Gasteiger partial charge in [-0.2, -0.15) is 10.4 Å². The van der Waals surface area contributed by atoms with Crippen LogP contribution < -0.4 is 15.6 Å². The van der Waals surface area contributed by atoms with E-state index >= 15 is 0 Å². The van der Waals surface area contributed by atoms with Crippen LogP contribution in [-0.2, 0) is 0 Å². The summed E-state index contributed by atoms with van der Waals surface area (Å²) in [5.74, 6) is 0. The molecular formula is C13H17N5S. The smallest absolute Gasteiger partial charge is 0.186 e. The maximum absolute atomic E-state index is 8.55. The molecule has 1 aromatic carbocycles. The van der Waals surface area contributed by atoms with E-state index in [4.69, 9.17) is 17.5 Å². The van der Waals surface area contributed by atoms with Crippen LogP contribution in [0, 0.1) is 11.3 Å². The van der Waals surface area contributed by atoms with Crippen LogP contribution >= 0.6 is 12.2 Å². The van der Waals surface area contributed by atoms with Crippen molar-refractivity contribution in [3.05, 3.63) is 29.8 Å². The van der Waals surface area contributed by atoms with Crippen molar-refractivity contribution in [2.45, 2.75) is 6.42 Å². The van der Waals surface area contributed by atoms with Crippen molar-refractivity contribution < 1.29 is 0 Å². The Morgan fingerprint density at radius 2 is 2.16 bits per heavy atom. The van der Waals surface area contributed by atoms with Gasteiger partial charge in [0.15, 0.2) is 5.11 Å². The monoisotopic (exact) mass is 275 g/mol. The molecule has 0 saturated carbocycles. The molecule has 0 aliphatic carbocycles. The minimum Gasteiger partial charge on any atom is -0.374 e. The number of nitrogens with zero attached hydrogens (tertiary/aromatic N) is 3. The second kappa shape index (κ2) is 8.06. The quantitative estimate of drug-likeness (QED) is 0.484. The molecule has 6 heteroatoms. The van der Waals surface area contributed by atoms with Crippen molar-refractivity contribution in [1.82, 2.24) is 10.7 Å². The first-order valence-electron chi connectivity index (χ1n) is 5.86. The van der Waals surface area contributed by atoms with Gasteiger partial charge in [-0.25, -0.2) is 0 Å². The van der Waals surface area contributed by atoms with E-state index in [1.807, 2.05) is 36.2 Å². The van der Waals surface area contributed by atoms with Crippen molar-refractivity contribution in [1.29, 1.82) is 5.26 Å². The first-order valence-corrected chi connectivity index (χ1v) is 6.27. The van der Waals surface area contributed by atoms with E-state index in [9.17, 15) is 0 Å². The van der Waals surface area contributed by atoms with E-state index in [0.717, 1.165) is 17.8 Å². The number of hydrogen-bond donors (Lipinski definition) is 2. The van der Waals surface area contributed by atoms with Gasteiger partial charge in [0, 0.05) is 26.3 Å². The molecule has 0 saturated heterocycles. The molecule has 0 spiro atoms. The van der Waals surface area contributed by atoms with Crippen molar-refractivity contribution in [2.24, 2.45) is 5.10 Å². The van der Waals surface area contributed by atoms with E-state index in [1.54, 1.807) is 13.3 Å². The Bertz CT molecular complexity index is 475. The highest BCUT2D eigenvalue weighted by molar-refractivity contribution is 7.80. The highest BCUT2D eigenvalue weighted by Gasteiger charge is 1.99. The van der Waals surface area contributed by atoms with Crippen LogP contribution in [0.15, 0.2) is 29.4 Å². The number of thiocarbonyl (C=S) groups is 1. The standard InChI is InChI=1S/C13H17N5S/c1-15-13(19)17-16-10-11-4-6-12(7-5-11)18(2)9-3-8-14/h4-7,10H,3,9H2,1-2H3,(H2,15,17,19)/b16-10-. The molecule has 0 aliphatic heterocycles. The lowest BCUT2D eigenvalue weighted by Crippen LogP contribution is -2.28. The van der Waals surface area contributed by atoms with Crippen molar-refractivity contribution >= 4 is 29.2 Å². The summed E-state index contributed by atoms with van der Waals surface area (Å²) < 4.78 is 0. The van der Waals surface area contributed by atoms with Gasteiger partial charge in [-0.1, -0.05) is 12.1 Å². The predicted octanol–water partition coefficient (Wildman–Crippen LogP) is 1.46. The van der Waals surface area contributed by atoms with E-state index in [0.29, 0.717) is 11.5 Å². The zero-order valence-corrected chi connectivity index (χ0v) is 11.9. The Labute approximate surface area is 118 Å². The van der Waals surface area contributed by atoms with Crippen LogP contribution in [0.5, 0.6) is 0 Å². The number of hydrogen-bond acceptors (Lipinski definition) is 4. The summed E-state index contributed by atoms with van der Waals surface area (Å²) in [5, 5.41) is 15.8. The third-order valence-electron chi connectivity index (χ3n) is 2.50. The van der Waals surface area contributed by atoms with Gasteiger partial charge in [0.1, 0.15) is 0 Å². The number of nitrogens with one attached hydrogen (secondary N) is 2. The Morgan fingerprint density at radius 1 is 1.47 bits per heavy atom. The SMILES string of the molecule is CNC(=S)N/N=C\c1ccc(N(C)CCC#N)cc1. The Morgan fingerprint density at radius 3 is 2.74 bits per heavy atom. The van der Waals surface area contributed by atoms with Crippen LogP contribution in [0.4, 0.5) is 5.69 Å². The topological polar surface area (TPSA) is 63.5 Å². The van der Waals surface area contributed by atoms with Crippen molar-refractivity contribution in [2.75, 3.05) is 25.5 Å². The lowest BCUT2D eigenvalue weighted by atomic mass is 10.2. The minimum absolute atomic E-state index is 0.476. The summed E-state index contributed by atoms with van der Waals surface area (Å²) in [7, 11) is 3.70. The maximum Gasteiger partial charge on any atom is 0.186 e. The van der Waals surface area contributed by atoms with E-state index in [1.165, 1.54) is 0 Å². The number of benzene rings is 1. The average Bonchev–Trinajstić information content (AvgIpc) is 2.45. The number of rotatable bonds is 5. The Hall–Kier alpha value is -2.13. The average molecular weight is 275 g/mol. The Kier molecular flexibility index (Phi) is 6.33. The highest BCUT2D eigenvalue weighted by atomic mass is 32.1. The van der Waals surface area contributed by atoms with Gasteiger partial charge in [0.05, 0.1) is 18.7 Å². The lowest BCUT2D eigenvalue weighted by Gasteiger charge is -2.17. The fourth-order valence-corrected chi connectivity index (χ4v) is 1.44. The van der Waals surface area contributed by atoms with E-state index in [-0.39, 0.29) is 0 Å². The molecule has 0 aromatic heterocycles. The van der Waals surface area contributed by atoms with Crippen LogP contribution in [-0.4, -0.2) is 32.0 Å². The van der Waals surface area contributed by atoms with Crippen LogP contribution in [0.25, 0.3) is 0 Å². The van der Waals surface area contributed by atoms with E-state index < -0.39 is 0 Å². The van der Waals surface area contributed by atoms with Gasteiger partial charge in [-0.3, -0.25) is 5.43 Å². The summed E-state index contributed by atoms with van der Waals surface area (Å²) in [6.07, 6.45) is 2.22. The van der Waals surface area contributed by atoms with Crippen LogP contribution in [0.2, 0.25) is 0 Å². The summed E-state index contributed by atoms with van der Waals surface area (Å²) >= 11 is 4.90. The summed E-state index contributed by atoms with van der Waals surface area (Å²) in [4.78, 5) is 2.04. The largest absolute Gasteiger partial charge is 0.374 e. The molecule has 1 aromatic rings. The molecular weight excluding hydrogens is 258 g/mol. The van der Waals surface area contributed by atoms with Crippen LogP contribution in [0.1, 0.15) is 12.0 Å². The van der Waals surface area contributed by atoms with Crippen molar-refractivity contribution in [3.8, 4) is 6.07 Å². The normalized spacial score (nSPS) is 9.95. The fourth-order valence-electron chi connectivity index (χ4n) is 1.38. The van der Waals surface area contributed by atoms with Crippen molar-refractivity contribution in [3.63, 3.8) is 0 Å². The number of hydrazone groups is 1. The summed E-state index contributed by atoms with van der Waals surface area (Å²) in [6, 6.07) is 10.1. The summed E-state index contributed by atoms with van der Waals surface area (Å²) in [6.45, 7) is 0.724. The zero-order valence-electron chi connectivity index (χ0n) is 11.1. The molecule has 2 N–H and O–H groups in total. The van der Waals surface area contributed by atoms with Gasteiger partial charge < -0.3 is 10.2 Å². The molecule has 0 unspecified atom stereocenters. The van der Waals surface area contributed by atoms with Gasteiger partial charge in [-0.05, 0) is 29.9 Å². The molecule has 0 fully saturated rings. The maximum atomic E-state index is 8.55. The second-order valence-corrected chi connectivity index (χ2v) is 4.28. The second-order valence-electron chi connectivity index (χ2n) is 3.87. The summed E-state index contributed by atoms with van der Waals surface area (Å²) in [5.41, 5.74) is 4.74. The number of nitriles is 1. The first kappa shape index (κ1) is 14.9. The van der Waals surface area contributed by atoms with Gasteiger partial charge >= 0.3 is 0 Å². The van der Waals surface area contributed by atoms with Gasteiger partial charge in [-0.15, -0.1) is 0 Å². The molecule has 19 heavy (non-hydrogen) atoms. The van der Waals surface area contributed by atoms with Gasteiger partial charge in [0.25, 0.3) is 0 Å². The highest BCUT2D eigenvalue weighted by Crippen LogP contribution is 2.13. The fraction of sp³-hybridized carbons (Fsp3) is 0.308. The first-order chi connectivity index (χ1) is 9.17. The minimum atomic E-state index is 0.476. The third-order valence-corrected chi connectivity index (χ3v) is 2.80. The third kappa shape index (κ3) is 5.36. The molecule has 0 heterocycles. The Balaban J connectivity index is 2.56.